The summed E-state index contributed by atoms with van der Waals surface area (Å²) in [5, 5.41) is 0. The Bertz CT molecular complexity index is 383. The molecule has 13 heavy (non-hydrogen) atoms. The molecule has 1 aromatic rings. The third-order valence-electron chi connectivity index (χ3n) is 2.16. The van der Waals surface area contributed by atoms with E-state index in [4.69, 9.17) is 5.73 Å². The summed E-state index contributed by atoms with van der Waals surface area (Å²) in [7, 11) is 0. The molecular weight excluding hydrogens is 164 g/mol. The van der Waals surface area contributed by atoms with Crippen molar-refractivity contribution in [1.29, 1.82) is 0 Å². The zero-order chi connectivity index (χ0) is 9.26. The fraction of sp³-hybridized carbons (Fsp3) is 0.200. The summed E-state index contributed by atoms with van der Waals surface area (Å²) in [5.74, 6) is -0.412. The molecule has 2 rings (SSSR count). The molecule has 1 aliphatic carbocycles. The fourth-order valence-corrected chi connectivity index (χ4v) is 1.44. The van der Waals surface area contributed by atoms with Gasteiger partial charge >= 0.3 is 0 Å². The van der Waals surface area contributed by atoms with Crippen molar-refractivity contribution in [3.8, 4) is 0 Å². The lowest BCUT2D eigenvalue weighted by Crippen LogP contribution is -2.13. The van der Waals surface area contributed by atoms with E-state index in [1.54, 1.807) is 6.20 Å². The van der Waals surface area contributed by atoms with Gasteiger partial charge in [0.05, 0.1) is 5.56 Å². The maximum Gasteiger partial charge on any atom is 0.250 e. The van der Waals surface area contributed by atoms with Crippen molar-refractivity contribution in [2.75, 3.05) is 0 Å². The number of nitrogens with zero attached hydrogens (tertiary/aromatic N) is 1. The highest BCUT2D eigenvalue weighted by molar-refractivity contribution is 5.92. The van der Waals surface area contributed by atoms with E-state index >= 15 is 0 Å². The normalized spacial score (nSPS) is 13.8. The van der Waals surface area contributed by atoms with Gasteiger partial charge in [0.1, 0.15) is 0 Å². The maximum atomic E-state index is 10.9. The van der Waals surface area contributed by atoms with Crippen molar-refractivity contribution in [2.45, 2.75) is 12.8 Å². The van der Waals surface area contributed by atoms with Gasteiger partial charge in [-0.2, -0.15) is 0 Å². The first-order valence-corrected chi connectivity index (χ1v) is 4.20. The summed E-state index contributed by atoms with van der Waals surface area (Å²) < 4.78 is 0. The topological polar surface area (TPSA) is 56.0 Å². The van der Waals surface area contributed by atoms with Gasteiger partial charge in [-0.3, -0.25) is 9.78 Å². The highest BCUT2D eigenvalue weighted by Gasteiger charge is 2.08. The number of nitrogens with two attached hydrogens (primary N) is 1. The first kappa shape index (κ1) is 7.98. The Morgan fingerprint density at radius 3 is 2.92 bits per heavy atom. The Balaban J connectivity index is 2.44. The number of hydrogen-bond acceptors (Lipinski definition) is 2. The lowest BCUT2D eigenvalue weighted by molar-refractivity contribution is 0.1000. The first-order chi connectivity index (χ1) is 6.27. The van der Waals surface area contributed by atoms with Crippen molar-refractivity contribution in [3.05, 3.63) is 41.2 Å². The van der Waals surface area contributed by atoms with Gasteiger partial charge in [-0.15, -0.1) is 0 Å². The standard InChI is InChI=1S/C10H10N2O/c11-10(13)8-5-7-3-1-2-4-9(7)12-6-8/h1-2,5-6H,3-4H2,(H2,11,13). The van der Waals surface area contributed by atoms with E-state index in [2.05, 4.69) is 17.1 Å². The van der Waals surface area contributed by atoms with Gasteiger partial charge in [-0.1, -0.05) is 12.2 Å². The summed E-state index contributed by atoms with van der Waals surface area (Å²) in [4.78, 5) is 15.0. The zero-order valence-electron chi connectivity index (χ0n) is 7.16. The van der Waals surface area contributed by atoms with E-state index < -0.39 is 5.91 Å². The molecule has 1 aromatic heterocycles. The van der Waals surface area contributed by atoms with Crippen LogP contribution in [0.4, 0.5) is 0 Å². The number of allylic oxidation sites excluding steroid dienone is 2. The van der Waals surface area contributed by atoms with Crippen LogP contribution < -0.4 is 5.73 Å². The van der Waals surface area contributed by atoms with Gasteiger partial charge < -0.3 is 5.73 Å². The van der Waals surface area contributed by atoms with Crippen molar-refractivity contribution in [3.63, 3.8) is 0 Å². The molecule has 0 fully saturated rings. The molecule has 1 heterocycles. The molecule has 0 unspecified atom stereocenters. The minimum Gasteiger partial charge on any atom is -0.366 e. The van der Waals surface area contributed by atoms with Gasteiger partial charge in [0.25, 0.3) is 0 Å². The molecule has 0 saturated carbocycles. The highest BCUT2D eigenvalue weighted by Crippen LogP contribution is 2.15. The smallest absolute Gasteiger partial charge is 0.250 e. The van der Waals surface area contributed by atoms with Gasteiger partial charge in [0.15, 0.2) is 0 Å². The average molecular weight is 174 g/mol. The highest BCUT2D eigenvalue weighted by atomic mass is 16.1. The Morgan fingerprint density at radius 2 is 2.15 bits per heavy atom. The fourth-order valence-electron chi connectivity index (χ4n) is 1.44. The molecule has 0 saturated heterocycles. The Morgan fingerprint density at radius 1 is 1.38 bits per heavy atom. The molecule has 0 aromatic carbocycles. The van der Waals surface area contributed by atoms with Crippen LogP contribution >= 0.6 is 0 Å². The number of primary amides is 1. The number of carbonyl (C=O) groups excluding carboxylic acids is 1. The van der Waals surface area contributed by atoms with Crippen LogP contribution in [0, 0.1) is 0 Å². The number of pyridine rings is 1. The van der Waals surface area contributed by atoms with E-state index in [0.29, 0.717) is 5.56 Å². The van der Waals surface area contributed by atoms with Crippen LogP contribution in [0.25, 0.3) is 0 Å². The molecule has 0 bridgehead atoms. The SMILES string of the molecule is NC(=O)c1cnc2c(c1)CC=CC2. The minimum atomic E-state index is -0.412. The number of hydrogen-bond donors (Lipinski definition) is 1. The summed E-state index contributed by atoms with van der Waals surface area (Å²) in [6.07, 6.45) is 7.41. The largest absolute Gasteiger partial charge is 0.366 e. The van der Waals surface area contributed by atoms with Crippen LogP contribution in [-0.4, -0.2) is 10.9 Å². The first-order valence-electron chi connectivity index (χ1n) is 4.20. The van der Waals surface area contributed by atoms with Crippen LogP contribution in [0.5, 0.6) is 0 Å². The van der Waals surface area contributed by atoms with Crippen LogP contribution in [-0.2, 0) is 12.8 Å². The number of amides is 1. The van der Waals surface area contributed by atoms with Crippen LogP contribution in [0.2, 0.25) is 0 Å². The molecule has 0 radical (unpaired) electrons. The Hall–Kier alpha value is -1.64. The molecule has 2 N–H and O–H groups in total. The summed E-state index contributed by atoms with van der Waals surface area (Å²) in [6.45, 7) is 0. The second-order valence-corrected chi connectivity index (χ2v) is 3.07. The summed E-state index contributed by atoms with van der Waals surface area (Å²) in [6, 6.07) is 1.83. The molecule has 1 aliphatic rings. The predicted octanol–water partition coefficient (Wildman–Crippen LogP) is 0.835. The lowest BCUT2D eigenvalue weighted by Gasteiger charge is -2.09. The van der Waals surface area contributed by atoms with Crippen molar-refractivity contribution >= 4 is 5.91 Å². The third kappa shape index (κ3) is 1.45. The van der Waals surface area contributed by atoms with Crippen molar-refractivity contribution in [1.82, 2.24) is 4.98 Å². The monoisotopic (exact) mass is 174 g/mol. The number of rotatable bonds is 1. The van der Waals surface area contributed by atoms with E-state index in [-0.39, 0.29) is 0 Å². The van der Waals surface area contributed by atoms with Gasteiger partial charge in [-0.05, 0) is 18.1 Å². The second-order valence-electron chi connectivity index (χ2n) is 3.07. The van der Waals surface area contributed by atoms with Crippen molar-refractivity contribution < 1.29 is 4.79 Å². The van der Waals surface area contributed by atoms with E-state index in [1.807, 2.05) is 6.07 Å². The lowest BCUT2D eigenvalue weighted by atomic mass is 10.0. The quantitative estimate of drug-likeness (QED) is 0.641. The Kier molecular flexibility index (Phi) is 1.85. The number of fused-ring (bicyclic) bond motifs is 1. The molecular formula is C10H10N2O. The molecule has 0 aliphatic heterocycles. The molecule has 1 amide bonds. The van der Waals surface area contributed by atoms with E-state index in [9.17, 15) is 4.79 Å². The van der Waals surface area contributed by atoms with Crippen molar-refractivity contribution in [2.24, 2.45) is 5.73 Å². The van der Waals surface area contributed by atoms with Gasteiger partial charge in [0, 0.05) is 18.3 Å². The molecule has 0 spiro atoms. The maximum absolute atomic E-state index is 10.9. The second kappa shape index (κ2) is 3.01. The van der Waals surface area contributed by atoms with E-state index in [0.717, 1.165) is 24.1 Å². The van der Waals surface area contributed by atoms with Crippen LogP contribution in [0.15, 0.2) is 24.4 Å². The predicted molar refractivity (Wildman–Crippen MR) is 49.3 cm³/mol. The summed E-state index contributed by atoms with van der Waals surface area (Å²) >= 11 is 0. The van der Waals surface area contributed by atoms with Crippen LogP contribution in [0.3, 0.4) is 0 Å². The van der Waals surface area contributed by atoms with Crippen LogP contribution in [0.1, 0.15) is 21.6 Å². The van der Waals surface area contributed by atoms with Gasteiger partial charge in [0.2, 0.25) is 5.91 Å². The van der Waals surface area contributed by atoms with Gasteiger partial charge in [-0.25, -0.2) is 0 Å². The number of aromatic nitrogens is 1. The Labute approximate surface area is 76.3 Å². The zero-order valence-corrected chi connectivity index (χ0v) is 7.16. The molecule has 0 atom stereocenters. The molecule has 3 heteroatoms. The average Bonchev–Trinajstić information content (AvgIpc) is 2.17. The molecule has 66 valence electrons. The number of carbonyl (C=O) groups is 1. The minimum absolute atomic E-state index is 0.412. The molecule has 3 nitrogen and oxygen atoms in total. The van der Waals surface area contributed by atoms with E-state index in [1.165, 1.54) is 0 Å². The summed E-state index contributed by atoms with van der Waals surface area (Å²) in [5.41, 5.74) is 7.80. The third-order valence-corrected chi connectivity index (χ3v) is 2.16.